The fraction of sp³-hybridized carbons (Fsp3) is 0.111. The zero-order valence-corrected chi connectivity index (χ0v) is 12.7. The number of nitrogens with zero attached hydrogens (tertiary/aromatic N) is 1. The monoisotopic (exact) mass is 307 g/mol. The van der Waals surface area contributed by atoms with Crippen molar-refractivity contribution >= 4 is 23.0 Å². The van der Waals surface area contributed by atoms with Gasteiger partial charge in [0, 0.05) is 17.1 Å². The van der Waals surface area contributed by atoms with Crippen molar-refractivity contribution in [3.05, 3.63) is 65.9 Å². The molecule has 116 valence electrons. The molecule has 5 heteroatoms. The largest absolute Gasteiger partial charge is 0.497 e. The molecular formula is C18H17N3O2. The molecule has 5 nitrogen and oxygen atoms in total. The molecule has 0 atom stereocenters. The van der Waals surface area contributed by atoms with Crippen LogP contribution < -0.4 is 10.2 Å². The van der Waals surface area contributed by atoms with Crippen LogP contribution in [0.3, 0.4) is 0 Å². The third kappa shape index (κ3) is 3.58. The quantitative estimate of drug-likeness (QED) is 0.562. The van der Waals surface area contributed by atoms with Crippen LogP contribution in [0, 0.1) is 0 Å². The summed E-state index contributed by atoms with van der Waals surface area (Å²) in [5, 5.41) is 5.04. The number of nitrogens with one attached hydrogen (secondary N) is 2. The van der Waals surface area contributed by atoms with Gasteiger partial charge in [-0.15, -0.1) is 0 Å². The van der Waals surface area contributed by atoms with Crippen molar-refractivity contribution in [2.75, 3.05) is 7.11 Å². The number of methoxy groups -OCH3 is 1. The third-order valence-electron chi connectivity index (χ3n) is 3.54. The highest BCUT2D eigenvalue weighted by molar-refractivity contribution is 5.89. The van der Waals surface area contributed by atoms with Crippen LogP contribution >= 0.6 is 0 Å². The lowest BCUT2D eigenvalue weighted by molar-refractivity contribution is -0.120. The molecule has 2 N–H and O–H groups in total. The maximum atomic E-state index is 12.0. The van der Waals surface area contributed by atoms with Crippen LogP contribution in [-0.4, -0.2) is 24.2 Å². The summed E-state index contributed by atoms with van der Waals surface area (Å²) in [5.41, 5.74) is 5.42. The zero-order valence-electron chi connectivity index (χ0n) is 12.7. The Bertz CT molecular complexity index is 835. The van der Waals surface area contributed by atoms with E-state index in [1.165, 1.54) is 0 Å². The van der Waals surface area contributed by atoms with Crippen molar-refractivity contribution in [1.82, 2.24) is 10.4 Å². The van der Waals surface area contributed by atoms with Crippen molar-refractivity contribution in [2.45, 2.75) is 6.42 Å². The molecule has 3 rings (SSSR count). The van der Waals surface area contributed by atoms with Crippen molar-refractivity contribution < 1.29 is 9.53 Å². The summed E-state index contributed by atoms with van der Waals surface area (Å²) in [6, 6.07) is 15.3. The number of H-pyrrole nitrogens is 1. The van der Waals surface area contributed by atoms with Gasteiger partial charge in [-0.25, -0.2) is 5.43 Å². The average molecular weight is 307 g/mol. The Morgan fingerprint density at radius 2 is 2.00 bits per heavy atom. The normalized spacial score (nSPS) is 11.0. The van der Waals surface area contributed by atoms with Gasteiger partial charge in [-0.2, -0.15) is 5.10 Å². The number of carbonyl (C=O) groups excluding carboxylic acids is 1. The van der Waals surface area contributed by atoms with E-state index < -0.39 is 0 Å². The first kappa shape index (κ1) is 14.8. The first-order valence-corrected chi connectivity index (χ1v) is 7.27. The van der Waals surface area contributed by atoms with Gasteiger partial charge in [-0.05, 0) is 41.5 Å². The second-order valence-electron chi connectivity index (χ2n) is 5.10. The van der Waals surface area contributed by atoms with E-state index in [0.29, 0.717) is 0 Å². The number of fused-ring (bicyclic) bond motifs is 1. The number of ether oxygens (including phenoxy) is 1. The van der Waals surface area contributed by atoms with Gasteiger partial charge in [0.15, 0.2) is 0 Å². The van der Waals surface area contributed by atoms with E-state index in [9.17, 15) is 4.79 Å². The number of aromatic nitrogens is 1. The van der Waals surface area contributed by atoms with Crippen molar-refractivity contribution in [3.63, 3.8) is 0 Å². The standard InChI is InChI=1S/C18H17N3O2/c1-23-15-8-6-13(7-9-15)11-20-21-18(22)10-14-12-19-17-5-3-2-4-16(14)17/h2-9,11-12,19H,10H2,1H3,(H,21,22)/b20-11+. The minimum atomic E-state index is -0.153. The molecule has 0 fully saturated rings. The number of carbonyl (C=O) groups is 1. The van der Waals surface area contributed by atoms with Crippen LogP contribution in [0.1, 0.15) is 11.1 Å². The van der Waals surface area contributed by atoms with Gasteiger partial charge < -0.3 is 9.72 Å². The number of hydrogen-bond donors (Lipinski definition) is 2. The molecule has 1 heterocycles. The predicted molar refractivity (Wildman–Crippen MR) is 90.7 cm³/mol. The SMILES string of the molecule is COc1ccc(/C=N/NC(=O)Cc2c[nH]c3ccccc23)cc1. The fourth-order valence-corrected chi connectivity index (χ4v) is 2.36. The smallest absolute Gasteiger partial charge is 0.244 e. The van der Waals surface area contributed by atoms with E-state index in [2.05, 4.69) is 15.5 Å². The van der Waals surface area contributed by atoms with E-state index in [1.54, 1.807) is 13.3 Å². The Hall–Kier alpha value is -3.08. The van der Waals surface area contributed by atoms with Gasteiger partial charge in [-0.1, -0.05) is 18.2 Å². The highest BCUT2D eigenvalue weighted by Gasteiger charge is 2.07. The minimum absolute atomic E-state index is 0.153. The maximum Gasteiger partial charge on any atom is 0.244 e. The number of rotatable bonds is 5. The number of hydrazone groups is 1. The summed E-state index contributed by atoms with van der Waals surface area (Å²) in [6.45, 7) is 0. The summed E-state index contributed by atoms with van der Waals surface area (Å²) in [5.74, 6) is 0.630. The van der Waals surface area contributed by atoms with E-state index in [-0.39, 0.29) is 12.3 Å². The summed E-state index contributed by atoms with van der Waals surface area (Å²) in [4.78, 5) is 15.1. The molecule has 1 aromatic heterocycles. The van der Waals surface area contributed by atoms with Crippen LogP contribution in [0.15, 0.2) is 59.8 Å². The average Bonchev–Trinajstić information content (AvgIpc) is 2.99. The van der Waals surface area contributed by atoms with E-state index >= 15 is 0 Å². The molecule has 0 radical (unpaired) electrons. The topological polar surface area (TPSA) is 66.5 Å². The van der Waals surface area contributed by atoms with E-state index in [0.717, 1.165) is 27.8 Å². The predicted octanol–water partition coefficient (Wildman–Crippen LogP) is 2.87. The number of hydrogen-bond acceptors (Lipinski definition) is 3. The maximum absolute atomic E-state index is 12.0. The van der Waals surface area contributed by atoms with Gasteiger partial charge in [0.2, 0.25) is 5.91 Å². The van der Waals surface area contributed by atoms with E-state index in [4.69, 9.17) is 4.74 Å². The Morgan fingerprint density at radius 3 is 2.78 bits per heavy atom. The zero-order chi connectivity index (χ0) is 16.1. The second-order valence-corrected chi connectivity index (χ2v) is 5.10. The van der Waals surface area contributed by atoms with Gasteiger partial charge >= 0.3 is 0 Å². The van der Waals surface area contributed by atoms with Gasteiger partial charge in [0.1, 0.15) is 5.75 Å². The lowest BCUT2D eigenvalue weighted by Crippen LogP contribution is -2.19. The second kappa shape index (κ2) is 6.79. The summed E-state index contributed by atoms with van der Waals surface area (Å²) >= 11 is 0. The van der Waals surface area contributed by atoms with Crippen LogP contribution in [0.25, 0.3) is 10.9 Å². The third-order valence-corrected chi connectivity index (χ3v) is 3.54. The molecule has 0 unspecified atom stereocenters. The molecule has 0 aliphatic carbocycles. The van der Waals surface area contributed by atoms with Gasteiger partial charge in [0.25, 0.3) is 0 Å². The number of benzene rings is 2. The summed E-state index contributed by atoms with van der Waals surface area (Å²) in [6.07, 6.45) is 3.74. The molecule has 0 aliphatic rings. The summed E-state index contributed by atoms with van der Waals surface area (Å²) < 4.78 is 5.09. The number of aromatic amines is 1. The van der Waals surface area contributed by atoms with Crippen molar-refractivity contribution in [3.8, 4) is 5.75 Å². The van der Waals surface area contributed by atoms with Crippen LogP contribution in [-0.2, 0) is 11.2 Å². The number of para-hydroxylation sites is 1. The lowest BCUT2D eigenvalue weighted by atomic mass is 10.1. The fourth-order valence-electron chi connectivity index (χ4n) is 2.36. The molecule has 0 saturated carbocycles. The molecule has 2 aromatic carbocycles. The number of amides is 1. The van der Waals surface area contributed by atoms with Gasteiger partial charge in [0.05, 0.1) is 19.7 Å². The Labute approximate surface area is 134 Å². The van der Waals surface area contributed by atoms with Gasteiger partial charge in [-0.3, -0.25) is 4.79 Å². The molecule has 3 aromatic rings. The Morgan fingerprint density at radius 1 is 1.22 bits per heavy atom. The Kier molecular flexibility index (Phi) is 4.38. The van der Waals surface area contributed by atoms with E-state index in [1.807, 2.05) is 54.7 Å². The first-order chi connectivity index (χ1) is 11.3. The highest BCUT2D eigenvalue weighted by atomic mass is 16.5. The molecule has 0 bridgehead atoms. The van der Waals surface area contributed by atoms with Crippen molar-refractivity contribution in [1.29, 1.82) is 0 Å². The molecule has 0 saturated heterocycles. The lowest BCUT2D eigenvalue weighted by Gasteiger charge is -2.00. The van der Waals surface area contributed by atoms with Crippen LogP contribution in [0.5, 0.6) is 5.75 Å². The Balaban J connectivity index is 1.59. The molecule has 1 amide bonds. The highest BCUT2D eigenvalue weighted by Crippen LogP contribution is 2.17. The first-order valence-electron chi connectivity index (χ1n) is 7.27. The minimum Gasteiger partial charge on any atom is -0.497 e. The molecule has 23 heavy (non-hydrogen) atoms. The molecular weight excluding hydrogens is 290 g/mol. The van der Waals surface area contributed by atoms with Crippen molar-refractivity contribution in [2.24, 2.45) is 5.10 Å². The van der Waals surface area contributed by atoms with Crippen LogP contribution in [0.4, 0.5) is 0 Å². The molecule has 0 spiro atoms. The molecule has 0 aliphatic heterocycles. The van der Waals surface area contributed by atoms with Crippen LogP contribution in [0.2, 0.25) is 0 Å². The summed E-state index contributed by atoms with van der Waals surface area (Å²) in [7, 11) is 1.62.